The van der Waals surface area contributed by atoms with Gasteiger partial charge in [0.1, 0.15) is 5.76 Å². The quantitative estimate of drug-likeness (QED) is 0.473. The molecule has 3 heterocycles. The first-order valence-electron chi connectivity index (χ1n) is 9.07. The molecule has 0 amide bonds. The number of nitrogens with zero attached hydrogens (tertiary/aromatic N) is 2. The largest absolute Gasteiger partial charge is 0.361 e. The zero-order chi connectivity index (χ0) is 19.4. The number of nitrogens with one attached hydrogen (secondary N) is 2. The van der Waals surface area contributed by atoms with E-state index in [1.165, 1.54) is 0 Å². The molecule has 2 N–H and O–H groups in total. The highest BCUT2D eigenvalue weighted by molar-refractivity contribution is 6.05. The second-order valence-corrected chi connectivity index (χ2v) is 7.03. The molecule has 0 spiro atoms. The molecule has 28 heavy (non-hydrogen) atoms. The van der Waals surface area contributed by atoms with Crippen LogP contribution in [-0.4, -0.2) is 20.1 Å². The molecule has 0 bridgehead atoms. The highest BCUT2D eigenvalue weighted by atomic mass is 16.5. The fraction of sp³-hybridized carbons (Fsp3) is 0.136. The zero-order valence-corrected chi connectivity index (χ0v) is 15.8. The summed E-state index contributed by atoms with van der Waals surface area (Å²) < 4.78 is 5.36. The van der Waals surface area contributed by atoms with Crippen LogP contribution in [0.15, 0.2) is 51.9 Å². The van der Waals surface area contributed by atoms with Gasteiger partial charge in [-0.3, -0.25) is 4.98 Å². The third-order valence-corrected chi connectivity index (χ3v) is 5.21. The number of rotatable bonds is 2. The molecular formula is C22H18N4O2. The van der Waals surface area contributed by atoms with E-state index in [1.807, 2.05) is 51.2 Å². The standard InChI is InChI=1S/C22H18N4O2/c1-11-20(16-7-5-4-6-14(16)10-23-11)17-8-15(19-12(2)26-28-13(19)3)9-18-21(17)25-22(27)24-18/h4-10H,1-3H3,(H2,24,25,27). The molecule has 0 fully saturated rings. The maximum absolute atomic E-state index is 12.1. The highest BCUT2D eigenvalue weighted by Gasteiger charge is 2.18. The Morgan fingerprint density at radius 2 is 1.79 bits per heavy atom. The van der Waals surface area contributed by atoms with Crippen molar-refractivity contribution in [2.24, 2.45) is 0 Å². The van der Waals surface area contributed by atoms with Gasteiger partial charge in [0.2, 0.25) is 0 Å². The van der Waals surface area contributed by atoms with Gasteiger partial charge in [-0.25, -0.2) is 4.79 Å². The van der Waals surface area contributed by atoms with Crippen LogP contribution in [0.1, 0.15) is 17.1 Å². The molecule has 6 heteroatoms. The van der Waals surface area contributed by atoms with Crippen molar-refractivity contribution < 1.29 is 4.52 Å². The number of fused-ring (bicyclic) bond motifs is 2. The molecule has 0 atom stereocenters. The van der Waals surface area contributed by atoms with Crippen LogP contribution in [0.2, 0.25) is 0 Å². The van der Waals surface area contributed by atoms with E-state index in [4.69, 9.17) is 4.52 Å². The van der Waals surface area contributed by atoms with Crippen molar-refractivity contribution in [1.29, 1.82) is 0 Å². The van der Waals surface area contributed by atoms with Crippen LogP contribution in [0.3, 0.4) is 0 Å². The van der Waals surface area contributed by atoms with Crippen LogP contribution < -0.4 is 5.69 Å². The van der Waals surface area contributed by atoms with Crippen molar-refractivity contribution in [3.05, 3.63) is 70.2 Å². The number of aromatic amines is 2. The van der Waals surface area contributed by atoms with E-state index >= 15 is 0 Å². The van der Waals surface area contributed by atoms with Crippen LogP contribution in [0.25, 0.3) is 44.1 Å². The minimum absolute atomic E-state index is 0.238. The van der Waals surface area contributed by atoms with Gasteiger partial charge in [0.05, 0.1) is 16.7 Å². The molecule has 0 saturated carbocycles. The number of hydrogen-bond donors (Lipinski definition) is 2. The Morgan fingerprint density at radius 3 is 2.57 bits per heavy atom. The zero-order valence-electron chi connectivity index (χ0n) is 15.8. The van der Waals surface area contributed by atoms with Gasteiger partial charge < -0.3 is 14.5 Å². The average molecular weight is 370 g/mol. The summed E-state index contributed by atoms with van der Waals surface area (Å²) >= 11 is 0. The number of imidazole rings is 1. The molecule has 138 valence electrons. The van der Waals surface area contributed by atoms with Gasteiger partial charge in [0.25, 0.3) is 0 Å². The number of aromatic nitrogens is 4. The smallest absolute Gasteiger partial charge is 0.323 e. The Hall–Kier alpha value is -3.67. The molecule has 5 aromatic rings. The van der Waals surface area contributed by atoms with Gasteiger partial charge >= 0.3 is 5.69 Å². The maximum atomic E-state index is 12.1. The minimum Gasteiger partial charge on any atom is -0.361 e. The number of H-pyrrole nitrogens is 2. The van der Waals surface area contributed by atoms with Gasteiger partial charge in [-0.2, -0.15) is 0 Å². The Labute approximate surface area is 160 Å². The monoisotopic (exact) mass is 370 g/mol. The Balaban J connectivity index is 1.93. The minimum atomic E-state index is -0.238. The van der Waals surface area contributed by atoms with E-state index < -0.39 is 0 Å². The normalized spacial score (nSPS) is 11.5. The van der Waals surface area contributed by atoms with Gasteiger partial charge in [0.15, 0.2) is 0 Å². The van der Waals surface area contributed by atoms with Gasteiger partial charge in [-0.15, -0.1) is 0 Å². The number of hydrogen-bond acceptors (Lipinski definition) is 4. The van der Waals surface area contributed by atoms with Crippen LogP contribution in [0.5, 0.6) is 0 Å². The molecule has 5 rings (SSSR count). The van der Waals surface area contributed by atoms with E-state index in [9.17, 15) is 4.79 Å². The highest BCUT2D eigenvalue weighted by Crippen LogP contribution is 2.38. The SMILES string of the molecule is Cc1noc(C)c1-c1cc(-c2c(C)ncc3ccccc23)c2[nH]c(=O)[nH]c2c1. The summed E-state index contributed by atoms with van der Waals surface area (Å²) in [5.74, 6) is 0.744. The topological polar surface area (TPSA) is 87.6 Å². The Kier molecular flexibility index (Phi) is 3.49. The fourth-order valence-electron chi connectivity index (χ4n) is 3.98. The summed E-state index contributed by atoms with van der Waals surface area (Å²) in [5.41, 5.74) is 6.80. The van der Waals surface area contributed by atoms with Crippen LogP contribution in [0, 0.1) is 20.8 Å². The van der Waals surface area contributed by atoms with Gasteiger partial charge in [-0.05, 0) is 43.9 Å². The van der Waals surface area contributed by atoms with E-state index in [-0.39, 0.29) is 5.69 Å². The summed E-state index contributed by atoms with van der Waals surface area (Å²) in [5, 5.41) is 6.23. The number of aryl methyl sites for hydroxylation is 3. The van der Waals surface area contributed by atoms with Crippen LogP contribution >= 0.6 is 0 Å². The van der Waals surface area contributed by atoms with Gasteiger partial charge in [-0.1, -0.05) is 29.4 Å². The Bertz CT molecular complexity index is 1400. The van der Waals surface area contributed by atoms with Crippen LogP contribution in [-0.2, 0) is 0 Å². The lowest BCUT2D eigenvalue weighted by Gasteiger charge is -2.13. The van der Waals surface area contributed by atoms with Crippen molar-refractivity contribution in [2.75, 3.05) is 0 Å². The molecule has 0 radical (unpaired) electrons. The van der Waals surface area contributed by atoms with Crippen molar-refractivity contribution in [3.63, 3.8) is 0 Å². The average Bonchev–Trinajstić information content (AvgIpc) is 3.22. The molecule has 6 nitrogen and oxygen atoms in total. The van der Waals surface area contributed by atoms with Crippen LogP contribution in [0.4, 0.5) is 0 Å². The molecule has 2 aromatic carbocycles. The lowest BCUT2D eigenvalue weighted by atomic mass is 9.93. The Morgan fingerprint density at radius 1 is 0.964 bits per heavy atom. The van der Waals surface area contributed by atoms with Crippen molar-refractivity contribution in [1.82, 2.24) is 20.1 Å². The summed E-state index contributed by atoms with van der Waals surface area (Å²) in [6, 6.07) is 12.2. The predicted octanol–water partition coefficient (Wildman–Crippen LogP) is 4.65. The molecule has 0 aliphatic carbocycles. The summed E-state index contributed by atoms with van der Waals surface area (Å²) in [6.45, 7) is 5.80. The molecule has 0 aliphatic rings. The fourth-order valence-corrected chi connectivity index (χ4v) is 3.98. The van der Waals surface area contributed by atoms with E-state index in [2.05, 4.69) is 32.2 Å². The van der Waals surface area contributed by atoms with E-state index in [0.29, 0.717) is 0 Å². The van der Waals surface area contributed by atoms with Gasteiger partial charge in [0, 0.05) is 34.0 Å². The molecule has 0 aliphatic heterocycles. The summed E-state index contributed by atoms with van der Waals surface area (Å²) in [6.07, 6.45) is 1.88. The molecule has 0 unspecified atom stereocenters. The molecular weight excluding hydrogens is 352 g/mol. The predicted molar refractivity (Wildman–Crippen MR) is 109 cm³/mol. The maximum Gasteiger partial charge on any atom is 0.323 e. The summed E-state index contributed by atoms with van der Waals surface area (Å²) in [7, 11) is 0. The first kappa shape index (κ1) is 16.5. The van der Waals surface area contributed by atoms with Crippen molar-refractivity contribution in [2.45, 2.75) is 20.8 Å². The van der Waals surface area contributed by atoms with E-state index in [1.54, 1.807) is 0 Å². The summed E-state index contributed by atoms with van der Waals surface area (Å²) in [4.78, 5) is 22.5. The second kappa shape index (κ2) is 5.92. The lowest BCUT2D eigenvalue weighted by molar-refractivity contribution is 0.393. The van der Waals surface area contributed by atoms with Crippen molar-refractivity contribution >= 4 is 21.8 Å². The second-order valence-electron chi connectivity index (χ2n) is 7.03. The number of pyridine rings is 1. The third kappa shape index (κ3) is 2.38. The first-order chi connectivity index (χ1) is 13.5. The van der Waals surface area contributed by atoms with E-state index in [0.717, 1.165) is 61.2 Å². The lowest BCUT2D eigenvalue weighted by Crippen LogP contribution is -1.99. The molecule has 0 saturated heterocycles. The van der Waals surface area contributed by atoms with Crippen molar-refractivity contribution in [3.8, 4) is 22.3 Å². The number of benzene rings is 2. The molecule has 3 aromatic heterocycles. The third-order valence-electron chi connectivity index (χ3n) is 5.21. The first-order valence-corrected chi connectivity index (χ1v) is 9.07.